The highest BCUT2D eigenvalue weighted by Gasteiger charge is 2.13. The average Bonchev–Trinajstić information content (AvgIpc) is 2.87. The maximum Gasteiger partial charge on any atom is 0.0627 e. The largest absolute Gasteiger partial charge is 0.394 e. The number of nitrogens with one attached hydrogen (secondary N) is 1. The summed E-state index contributed by atoms with van der Waals surface area (Å²) in [6, 6.07) is 9.55. The van der Waals surface area contributed by atoms with Gasteiger partial charge in [0.15, 0.2) is 0 Å². The molecule has 0 saturated heterocycles. The van der Waals surface area contributed by atoms with Gasteiger partial charge in [0.05, 0.1) is 12.6 Å². The van der Waals surface area contributed by atoms with E-state index < -0.39 is 0 Å². The lowest BCUT2D eigenvalue weighted by Crippen LogP contribution is -2.24. The number of hydrogen-bond donors (Lipinski definition) is 2. The molecule has 1 aromatic heterocycles. The minimum atomic E-state index is -0.125. The molecule has 5 heteroatoms. The standard InChI is InChI=1S/C13H13BrClNOS/c14-12-4-3-9(15)6-11(12)13(8-17)16-7-10-2-1-5-18-10/h1-6,13,16-17H,7-8H2. The number of thiophene rings is 1. The molecule has 2 nitrogen and oxygen atoms in total. The fraction of sp³-hybridized carbons (Fsp3) is 0.231. The molecule has 2 N–H and O–H groups in total. The van der Waals surface area contributed by atoms with Crippen LogP contribution in [0.2, 0.25) is 5.02 Å². The summed E-state index contributed by atoms with van der Waals surface area (Å²) in [5.41, 5.74) is 0.974. The Balaban J connectivity index is 2.10. The van der Waals surface area contributed by atoms with Gasteiger partial charge in [-0.2, -0.15) is 0 Å². The number of aliphatic hydroxyl groups excluding tert-OH is 1. The Morgan fingerprint density at radius 3 is 2.89 bits per heavy atom. The number of hydrogen-bond acceptors (Lipinski definition) is 3. The lowest BCUT2D eigenvalue weighted by molar-refractivity contribution is 0.243. The van der Waals surface area contributed by atoms with Gasteiger partial charge in [-0.1, -0.05) is 33.6 Å². The third kappa shape index (κ3) is 3.56. The predicted molar refractivity (Wildman–Crippen MR) is 80.1 cm³/mol. The van der Waals surface area contributed by atoms with Crippen molar-refractivity contribution in [3.8, 4) is 0 Å². The molecule has 0 saturated carbocycles. The van der Waals surface area contributed by atoms with Gasteiger partial charge >= 0.3 is 0 Å². The first-order valence-corrected chi connectivity index (χ1v) is 7.57. The molecule has 1 unspecified atom stereocenters. The second kappa shape index (κ2) is 6.68. The molecule has 1 atom stereocenters. The Morgan fingerprint density at radius 1 is 1.39 bits per heavy atom. The fourth-order valence-electron chi connectivity index (χ4n) is 1.69. The van der Waals surface area contributed by atoms with Crippen molar-refractivity contribution >= 4 is 38.9 Å². The summed E-state index contributed by atoms with van der Waals surface area (Å²) in [6.07, 6.45) is 0. The molecule has 0 aliphatic heterocycles. The smallest absolute Gasteiger partial charge is 0.0627 e. The number of aliphatic hydroxyl groups is 1. The summed E-state index contributed by atoms with van der Waals surface area (Å²) < 4.78 is 0.949. The Kier molecular flexibility index (Phi) is 5.21. The van der Waals surface area contributed by atoms with Crippen LogP contribution in [-0.2, 0) is 6.54 Å². The predicted octanol–water partition coefficient (Wildman–Crippen LogP) is 3.99. The third-order valence-electron chi connectivity index (χ3n) is 2.62. The summed E-state index contributed by atoms with van der Waals surface area (Å²) in [6.45, 7) is 0.770. The van der Waals surface area contributed by atoms with E-state index >= 15 is 0 Å². The Bertz CT molecular complexity index is 504. The van der Waals surface area contributed by atoms with E-state index in [1.807, 2.05) is 29.6 Å². The van der Waals surface area contributed by atoms with E-state index in [0.29, 0.717) is 5.02 Å². The van der Waals surface area contributed by atoms with Crippen LogP contribution in [0.25, 0.3) is 0 Å². The Hall–Kier alpha value is -0.390. The van der Waals surface area contributed by atoms with Crippen LogP contribution in [0.5, 0.6) is 0 Å². The highest BCUT2D eigenvalue weighted by molar-refractivity contribution is 9.10. The van der Waals surface area contributed by atoms with Gasteiger partial charge in [-0.15, -0.1) is 11.3 Å². The number of rotatable bonds is 5. The van der Waals surface area contributed by atoms with Crippen molar-refractivity contribution in [3.63, 3.8) is 0 Å². The monoisotopic (exact) mass is 345 g/mol. The van der Waals surface area contributed by atoms with E-state index in [0.717, 1.165) is 16.6 Å². The summed E-state index contributed by atoms with van der Waals surface area (Å²) in [4.78, 5) is 1.24. The summed E-state index contributed by atoms with van der Waals surface area (Å²) in [7, 11) is 0. The van der Waals surface area contributed by atoms with Gasteiger partial charge in [0.25, 0.3) is 0 Å². The van der Waals surface area contributed by atoms with Crippen LogP contribution in [0.4, 0.5) is 0 Å². The van der Waals surface area contributed by atoms with Crippen molar-refractivity contribution < 1.29 is 5.11 Å². The normalized spacial score (nSPS) is 12.6. The lowest BCUT2D eigenvalue weighted by Gasteiger charge is -2.18. The lowest BCUT2D eigenvalue weighted by atomic mass is 10.1. The van der Waals surface area contributed by atoms with Gasteiger partial charge in [-0.3, -0.25) is 0 Å². The number of benzene rings is 1. The van der Waals surface area contributed by atoms with Crippen molar-refractivity contribution in [2.75, 3.05) is 6.61 Å². The maximum absolute atomic E-state index is 9.50. The highest BCUT2D eigenvalue weighted by atomic mass is 79.9. The number of halogens is 2. The highest BCUT2D eigenvalue weighted by Crippen LogP contribution is 2.27. The first-order chi connectivity index (χ1) is 8.70. The molecule has 0 fully saturated rings. The first-order valence-electron chi connectivity index (χ1n) is 5.52. The van der Waals surface area contributed by atoms with E-state index in [4.69, 9.17) is 11.6 Å². The van der Waals surface area contributed by atoms with Gasteiger partial charge in [-0.05, 0) is 35.2 Å². The Morgan fingerprint density at radius 2 is 2.22 bits per heavy atom. The van der Waals surface area contributed by atoms with Gasteiger partial charge in [0, 0.05) is 20.9 Å². The molecule has 0 amide bonds. The van der Waals surface area contributed by atoms with Gasteiger partial charge in [0.1, 0.15) is 0 Å². The first kappa shape index (κ1) is 14.0. The van der Waals surface area contributed by atoms with Gasteiger partial charge in [0.2, 0.25) is 0 Å². The van der Waals surface area contributed by atoms with Crippen LogP contribution in [0.3, 0.4) is 0 Å². The zero-order valence-electron chi connectivity index (χ0n) is 9.57. The average molecular weight is 347 g/mol. The summed E-state index contributed by atoms with van der Waals surface area (Å²) in [5, 5.41) is 15.5. The molecule has 96 valence electrons. The molecule has 0 aliphatic carbocycles. The Labute approximate surface area is 124 Å². The van der Waals surface area contributed by atoms with E-state index in [1.165, 1.54) is 4.88 Å². The minimum Gasteiger partial charge on any atom is -0.394 e. The van der Waals surface area contributed by atoms with Crippen molar-refractivity contribution in [2.45, 2.75) is 12.6 Å². The summed E-state index contributed by atoms with van der Waals surface area (Å²) in [5.74, 6) is 0. The van der Waals surface area contributed by atoms with Gasteiger partial charge in [-0.25, -0.2) is 0 Å². The molecule has 0 bridgehead atoms. The van der Waals surface area contributed by atoms with E-state index in [1.54, 1.807) is 11.3 Å². The zero-order valence-corrected chi connectivity index (χ0v) is 12.7. The molecule has 1 aromatic carbocycles. The molecular formula is C13H13BrClNOS. The molecular weight excluding hydrogens is 334 g/mol. The van der Waals surface area contributed by atoms with Crippen LogP contribution >= 0.6 is 38.9 Å². The molecule has 0 radical (unpaired) electrons. The quantitative estimate of drug-likeness (QED) is 0.858. The van der Waals surface area contributed by atoms with Crippen LogP contribution in [0.1, 0.15) is 16.5 Å². The molecule has 1 heterocycles. The van der Waals surface area contributed by atoms with E-state index in [2.05, 4.69) is 27.3 Å². The van der Waals surface area contributed by atoms with Crippen molar-refractivity contribution in [1.82, 2.24) is 5.32 Å². The molecule has 2 rings (SSSR count). The van der Waals surface area contributed by atoms with Crippen molar-refractivity contribution in [3.05, 3.63) is 55.6 Å². The molecule has 0 aliphatic rings. The second-order valence-corrected chi connectivity index (χ2v) is 6.18. The van der Waals surface area contributed by atoms with Crippen molar-refractivity contribution in [1.29, 1.82) is 0 Å². The topological polar surface area (TPSA) is 32.3 Å². The SMILES string of the molecule is OCC(NCc1cccs1)c1cc(Cl)ccc1Br. The maximum atomic E-state index is 9.50. The van der Waals surface area contributed by atoms with Gasteiger partial charge < -0.3 is 10.4 Å². The van der Waals surface area contributed by atoms with Crippen LogP contribution in [-0.4, -0.2) is 11.7 Å². The van der Waals surface area contributed by atoms with Crippen LogP contribution in [0, 0.1) is 0 Å². The minimum absolute atomic E-state index is 0.0321. The van der Waals surface area contributed by atoms with E-state index in [-0.39, 0.29) is 12.6 Å². The summed E-state index contributed by atoms with van der Waals surface area (Å²) >= 11 is 11.2. The van der Waals surface area contributed by atoms with Crippen molar-refractivity contribution in [2.24, 2.45) is 0 Å². The zero-order chi connectivity index (χ0) is 13.0. The molecule has 2 aromatic rings. The third-order valence-corrected chi connectivity index (χ3v) is 4.45. The molecule has 0 spiro atoms. The fourth-order valence-corrected chi connectivity index (χ4v) is 3.05. The molecule has 18 heavy (non-hydrogen) atoms. The van der Waals surface area contributed by atoms with Crippen LogP contribution < -0.4 is 5.32 Å². The second-order valence-electron chi connectivity index (χ2n) is 3.86. The van der Waals surface area contributed by atoms with Crippen LogP contribution in [0.15, 0.2) is 40.2 Å². The van der Waals surface area contributed by atoms with E-state index in [9.17, 15) is 5.11 Å².